The largest absolute Gasteiger partial charge is 0.369 e. The number of nitrogens with one attached hydrogen (secondary N) is 1. The maximum atomic E-state index is 13.0. The van der Waals surface area contributed by atoms with Gasteiger partial charge in [0.1, 0.15) is 0 Å². The third kappa shape index (κ3) is 2.97. The smallest absolute Gasteiger partial charge is 0.274 e. The van der Waals surface area contributed by atoms with Crippen molar-refractivity contribution in [2.45, 2.75) is 39.0 Å². The summed E-state index contributed by atoms with van der Waals surface area (Å²) in [6.45, 7) is 4.53. The molecule has 0 aliphatic carbocycles. The predicted octanol–water partition coefficient (Wildman–Crippen LogP) is 3.25. The maximum absolute atomic E-state index is 13.0. The summed E-state index contributed by atoms with van der Waals surface area (Å²) < 4.78 is 5.80. The standard InChI is InChI=1S/C20H22N4O2/c1-12-8-17-18(13(2)26-12)22-23-19(17)20(25)24(3)11-14-4-5-16-10-21-7-6-15(16)9-14/h4-7,9-10,12-13H,8,11H2,1-3H3,(H,22,23)/t12-,13+/m1/s1. The van der Waals surface area contributed by atoms with Crippen molar-refractivity contribution < 1.29 is 9.53 Å². The number of hydrogen-bond donors (Lipinski definition) is 1. The van der Waals surface area contributed by atoms with Gasteiger partial charge in [0.05, 0.1) is 17.9 Å². The van der Waals surface area contributed by atoms with Gasteiger partial charge >= 0.3 is 0 Å². The average Bonchev–Trinajstić information content (AvgIpc) is 3.05. The normalized spacial score (nSPS) is 19.3. The number of nitrogens with zero attached hydrogens (tertiary/aromatic N) is 3. The molecule has 26 heavy (non-hydrogen) atoms. The Morgan fingerprint density at radius 1 is 1.31 bits per heavy atom. The third-order valence-electron chi connectivity index (χ3n) is 4.91. The molecule has 3 aromatic rings. The summed E-state index contributed by atoms with van der Waals surface area (Å²) in [6.07, 6.45) is 4.34. The first-order chi connectivity index (χ1) is 12.5. The molecule has 0 bridgehead atoms. The van der Waals surface area contributed by atoms with E-state index in [9.17, 15) is 4.79 Å². The van der Waals surface area contributed by atoms with Gasteiger partial charge in [-0.1, -0.05) is 12.1 Å². The lowest BCUT2D eigenvalue weighted by atomic mass is 9.99. The van der Waals surface area contributed by atoms with Crippen molar-refractivity contribution in [2.24, 2.45) is 0 Å². The number of H-pyrrole nitrogens is 1. The minimum atomic E-state index is -0.0707. The number of aromatic nitrogens is 3. The quantitative estimate of drug-likeness (QED) is 0.787. The van der Waals surface area contributed by atoms with Crippen LogP contribution in [0.4, 0.5) is 0 Å². The van der Waals surface area contributed by atoms with E-state index in [0.717, 1.165) is 27.6 Å². The number of benzene rings is 1. The molecule has 6 nitrogen and oxygen atoms in total. The Morgan fingerprint density at radius 3 is 3.00 bits per heavy atom. The number of rotatable bonds is 3. The molecule has 134 valence electrons. The lowest BCUT2D eigenvalue weighted by Crippen LogP contribution is -2.29. The summed E-state index contributed by atoms with van der Waals surface area (Å²) in [7, 11) is 1.81. The van der Waals surface area contributed by atoms with E-state index in [0.29, 0.717) is 18.7 Å². The zero-order valence-electron chi connectivity index (χ0n) is 15.2. The Kier molecular flexibility index (Phi) is 4.20. The summed E-state index contributed by atoms with van der Waals surface area (Å²) in [4.78, 5) is 18.8. The van der Waals surface area contributed by atoms with Crippen LogP contribution in [0.2, 0.25) is 0 Å². The molecular formula is C20H22N4O2. The van der Waals surface area contributed by atoms with E-state index in [1.165, 1.54) is 0 Å². The van der Waals surface area contributed by atoms with Crippen LogP contribution >= 0.6 is 0 Å². The highest BCUT2D eigenvalue weighted by molar-refractivity contribution is 5.94. The minimum Gasteiger partial charge on any atom is -0.369 e. The van der Waals surface area contributed by atoms with Crippen molar-refractivity contribution in [1.82, 2.24) is 20.1 Å². The lowest BCUT2D eigenvalue weighted by Gasteiger charge is -2.25. The Morgan fingerprint density at radius 2 is 2.15 bits per heavy atom. The number of carbonyl (C=O) groups is 1. The van der Waals surface area contributed by atoms with Gasteiger partial charge in [-0.3, -0.25) is 14.9 Å². The van der Waals surface area contributed by atoms with Gasteiger partial charge in [0.25, 0.3) is 5.91 Å². The Balaban J connectivity index is 1.56. The fourth-order valence-electron chi connectivity index (χ4n) is 3.61. The molecule has 1 aliphatic rings. The predicted molar refractivity (Wildman–Crippen MR) is 98.8 cm³/mol. The molecule has 0 radical (unpaired) electrons. The molecule has 2 aromatic heterocycles. The maximum Gasteiger partial charge on any atom is 0.274 e. The molecule has 0 unspecified atom stereocenters. The SMILES string of the molecule is C[C@@H]1Cc2c(C(=O)N(C)Cc3ccc4cnccc4c3)n[nH]c2[C@H](C)O1. The van der Waals surface area contributed by atoms with Crippen LogP contribution in [0.25, 0.3) is 10.8 Å². The zero-order valence-corrected chi connectivity index (χ0v) is 15.2. The van der Waals surface area contributed by atoms with Gasteiger partial charge in [-0.2, -0.15) is 5.10 Å². The molecule has 3 heterocycles. The van der Waals surface area contributed by atoms with E-state index in [-0.39, 0.29) is 18.1 Å². The van der Waals surface area contributed by atoms with Crippen molar-refractivity contribution >= 4 is 16.7 Å². The van der Waals surface area contributed by atoms with Crippen LogP contribution in [0, 0.1) is 0 Å². The number of aromatic amines is 1. The van der Waals surface area contributed by atoms with Gasteiger partial charge in [-0.25, -0.2) is 0 Å². The molecule has 0 saturated heterocycles. The lowest BCUT2D eigenvalue weighted by molar-refractivity contribution is -0.00701. The summed E-state index contributed by atoms with van der Waals surface area (Å²) in [6, 6.07) is 8.14. The Hall–Kier alpha value is -2.73. The second-order valence-electron chi connectivity index (χ2n) is 6.98. The Labute approximate surface area is 152 Å². The van der Waals surface area contributed by atoms with Gasteiger partial charge in [0.15, 0.2) is 5.69 Å². The highest BCUT2D eigenvalue weighted by Crippen LogP contribution is 2.30. The molecule has 2 atom stereocenters. The van der Waals surface area contributed by atoms with Crippen molar-refractivity contribution in [1.29, 1.82) is 0 Å². The number of hydrogen-bond acceptors (Lipinski definition) is 4. The molecule has 1 aromatic carbocycles. The van der Waals surface area contributed by atoms with Gasteiger partial charge in [0, 0.05) is 43.4 Å². The summed E-state index contributed by atoms with van der Waals surface area (Å²) in [5.41, 5.74) is 3.49. The topological polar surface area (TPSA) is 71.1 Å². The summed E-state index contributed by atoms with van der Waals surface area (Å²) >= 11 is 0. The minimum absolute atomic E-state index is 0.0674. The van der Waals surface area contributed by atoms with Gasteiger partial charge in [-0.05, 0) is 36.9 Å². The first-order valence-corrected chi connectivity index (χ1v) is 8.83. The number of amides is 1. The van der Waals surface area contributed by atoms with E-state index in [1.54, 1.807) is 11.1 Å². The van der Waals surface area contributed by atoms with E-state index >= 15 is 0 Å². The highest BCUT2D eigenvalue weighted by atomic mass is 16.5. The highest BCUT2D eigenvalue weighted by Gasteiger charge is 2.30. The average molecular weight is 350 g/mol. The molecule has 0 spiro atoms. The molecule has 1 amide bonds. The van der Waals surface area contributed by atoms with Gasteiger partial charge in [0.2, 0.25) is 0 Å². The van der Waals surface area contributed by atoms with Crippen molar-refractivity contribution in [2.75, 3.05) is 7.05 Å². The van der Waals surface area contributed by atoms with E-state index < -0.39 is 0 Å². The van der Waals surface area contributed by atoms with E-state index in [4.69, 9.17) is 4.74 Å². The molecule has 0 fully saturated rings. The molecule has 1 N–H and O–H groups in total. The third-order valence-corrected chi connectivity index (χ3v) is 4.91. The van der Waals surface area contributed by atoms with Gasteiger partial charge in [-0.15, -0.1) is 0 Å². The molecular weight excluding hydrogens is 328 g/mol. The van der Waals surface area contributed by atoms with Crippen molar-refractivity contribution in [3.63, 3.8) is 0 Å². The number of pyridine rings is 1. The second-order valence-corrected chi connectivity index (χ2v) is 6.98. The van der Waals surface area contributed by atoms with Crippen molar-refractivity contribution in [3.8, 4) is 0 Å². The second kappa shape index (κ2) is 6.53. The monoisotopic (exact) mass is 350 g/mol. The van der Waals surface area contributed by atoms with Gasteiger partial charge < -0.3 is 9.64 Å². The fraction of sp³-hybridized carbons (Fsp3) is 0.350. The van der Waals surface area contributed by atoms with Crippen LogP contribution in [0.1, 0.15) is 47.3 Å². The van der Waals surface area contributed by atoms with E-state index in [1.807, 2.05) is 45.3 Å². The van der Waals surface area contributed by atoms with Crippen LogP contribution in [-0.2, 0) is 17.7 Å². The molecule has 0 saturated carbocycles. The van der Waals surface area contributed by atoms with E-state index in [2.05, 4.69) is 21.2 Å². The van der Waals surface area contributed by atoms with Crippen molar-refractivity contribution in [3.05, 3.63) is 59.2 Å². The number of carbonyl (C=O) groups excluding carboxylic acids is 1. The summed E-state index contributed by atoms with van der Waals surface area (Å²) in [5.74, 6) is -0.0707. The van der Waals surface area contributed by atoms with Crippen LogP contribution in [-0.4, -0.2) is 39.1 Å². The fourth-order valence-corrected chi connectivity index (χ4v) is 3.61. The van der Waals surface area contributed by atoms with Crippen LogP contribution in [0.3, 0.4) is 0 Å². The van der Waals surface area contributed by atoms with Crippen LogP contribution in [0.15, 0.2) is 36.7 Å². The zero-order chi connectivity index (χ0) is 18.3. The molecule has 4 rings (SSSR count). The van der Waals surface area contributed by atoms with Crippen LogP contribution in [0.5, 0.6) is 0 Å². The first-order valence-electron chi connectivity index (χ1n) is 8.83. The summed E-state index contributed by atoms with van der Waals surface area (Å²) in [5, 5.41) is 9.49. The Bertz CT molecular complexity index is 965. The number of ether oxygens (including phenoxy) is 1. The molecule has 1 aliphatic heterocycles. The number of fused-ring (bicyclic) bond motifs is 2. The first kappa shape index (κ1) is 16.7. The van der Waals surface area contributed by atoms with Crippen LogP contribution < -0.4 is 0 Å². The molecule has 6 heteroatoms.